The van der Waals surface area contributed by atoms with Crippen molar-refractivity contribution in [3.63, 3.8) is 0 Å². The van der Waals surface area contributed by atoms with Crippen LogP contribution < -0.4 is 21.1 Å². The monoisotopic (exact) mass is 301 g/mol. The van der Waals surface area contributed by atoms with Crippen molar-refractivity contribution in [2.75, 3.05) is 18.6 Å². The third kappa shape index (κ3) is 2.55. The highest BCUT2D eigenvalue weighted by Gasteiger charge is 2.32. The standard InChI is InChI=1S/C15H19N5O2/c1-22-13-3-2-10-14(19-13)11(4-6-18-10)20-7-5-9(16)8-12(20)15(17)21/h2-4,6,9,12H,5,7-8,16H2,1H3,(H2,17,21). The molecule has 4 N–H and O–H groups in total. The van der Waals surface area contributed by atoms with Crippen LogP contribution in [0, 0.1) is 0 Å². The summed E-state index contributed by atoms with van der Waals surface area (Å²) in [5.41, 5.74) is 13.8. The summed E-state index contributed by atoms with van der Waals surface area (Å²) in [4.78, 5) is 22.6. The van der Waals surface area contributed by atoms with Crippen molar-refractivity contribution in [2.24, 2.45) is 11.5 Å². The Labute approximate surface area is 128 Å². The number of carbonyl (C=O) groups excluding carboxylic acids is 1. The number of fused-ring (bicyclic) bond motifs is 1. The molecule has 3 heterocycles. The lowest BCUT2D eigenvalue weighted by Gasteiger charge is -2.38. The number of nitrogens with zero attached hydrogens (tertiary/aromatic N) is 3. The number of methoxy groups -OCH3 is 1. The van der Waals surface area contributed by atoms with Crippen LogP contribution in [-0.4, -0.2) is 41.6 Å². The number of anilines is 1. The van der Waals surface area contributed by atoms with E-state index in [0.717, 1.165) is 17.6 Å². The van der Waals surface area contributed by atoms with E-state index >= 15 is 0 Å². The summed E-state index contributed by atoms with van der Waals surface area (Å²) < 4.78 is 5.19. The molecule has 0 aliphatic carbocycles. The van der Waals surface area contributed by atoms with Crippen LogP contribution in [0.5, 0.6) is 5.88 Å². The number of nitrogens with two attached hydrogens (primary N) is 2. The summed E-state index contributed by atoms with van der Waals surface area (Å²) in [6.07, 6.45) is 3.05. The number of carbonyl (C=O) groups is 1. The highest BCUT2D eigenvalue weighted by atomic mass is 16.5. The molecule has 1 saturated heterocycles. The van der Waals surface area contributed by atoms with Gasteiger partial charge in [-0.1, -0.05) is 0 Å². The highest BCUT2D eigenvalue weighted by Crippen LogP contribution is 2.30. The van der Waals surface area contributed by atoms with Gasteiger partial charge >= 0.3 is 0 Å². The van der Waals surface area contributed by atoms with Gasteiger partial charge in [0.1, 0.15) is 11.6 Å². The zero-order valence-corrected chi connectivity index (χ0v) is 12.4. The second-order valence-electron chi connectivity index (χ2n) is 5.45. The molecule has 2 atom stereocenters. The number of amides is 1. The molecule has 0 bridgehead atoms. The van der Waals surface area contributed by atoms with Gasteiger partial charge in [-0.2, -0.15) is 0 Å². The van der Waals surface area contributed by atoms with Crippen LogP contribution in [0.2, 0.25) is 0 Å². The molecule has 1 fully saturated rings. The van der Waals surface area contributed by atoms with Crippen molar-refractivity contribution >= 4 is 22.6 Å². The number of rotatable bonds is 3. The fourth-order valence-electron chi connectivity index (χ4n) is 2.89. The highest BCUT2D eigenvalue weighted by molar-refractivity contribution is 5.92. The SMILES string of the molecule is COc1ccc2nccc(N3CCC(N)CC3C(N)=O)c2n1. The quantitative estimate of drug-likeness (QED) is 0.850. The molecule has 0 saturated carbocycles. The average Bonchev–Trinajstić information content (AvgIpc) is 2.53. The lowest BCUT2D eigenvalue weighted by Crippen LogP contribution is -2.53. The summed E-state index contributed by atoms with van der Waals surface area (Å²) in [7, 11) is 1.57. The zero-order valence-electron chi connectivity index (χ0n) is 12.4. The number of hydrogen-bond donors (Lipinski definition) is 2. The van der Waals surface area contributed by atoms with Gasteiger partial charge in [-0.05, 0) is 25.0 Å². The Kier molecular flexibility index (Phi) is 3.81. The minimum absolute atomic E-state index is 0.00986. The van der Waals surface area contributed by atoms with Crippen molar-refractivity contribution in [2.45, 2.75) is 24.9 Å². The predicted molar refractivity (Wildman–Crippen MR) is 83.6 cm³/mol. The fourth-order valence-corrected chi connectivity index (χ4v) is 2.89. The maximum absolute atomic E-state index is 11.8. The molecule has 7 nitrogen and oxygen atoms in total. The summed E-state index contributed by atoms with van der Waals surface area (Å²) >= 11 is 0. The average molecular weight is 301 g/mol. The smallest absolute Gasteiger partial charge is 0.240 e. The second kappa shape index (κ2) is 5.76. The first-order valence-electron chi connectivity index (χ1n) is 7.21. The first-order valence-corrected chi connectivity index (χ1v) is 7.21. The Morgan fingerprint density at radius 2 is 2.23 bits per heavy atom. The van der Waals surface area contributed by atoms with E-state index in [-0.39, 0.29) is 11.9 Å². The topological polar surface area (TPSA) is 107 Å². The molecule has 2 aromatic heterocycles. The molecule has 1 aliphatic rings. The van der Waals surface area contributed by atoms with Gasteiger partial charge in [0.05, 0.1) is 18.3 Å². The first-order chi connectivity index (χ1) is 10.6. The molecule has 3 rings (SSSR count). The summed E-state index contributed by atoms with van der Waals surface area (Å²) in [5, 5.41) is 0. The fraction of sp³-hybridized carbons (Fsp3) is 0.400. The van der Waals surface area contributed by atoms with Gasteiger partial charge in [0.25, 0.3) is 0 Å². The van der Waals surface area contributed by atoms with Gasteiger partial charge in [0.15, 0.2) is 0 Å². The van der Waals surface area contributed by atoms with Gasteiger partial charge in [0.2, 0.25) is 11.8 Å². The Bertz CT molecular complexity index is 705. The summed E-state index contributed by atoms with van der Waals surface area (Å²) in [5.74, 6) is 0.133. The number of aromatic nitrogens is 2. The van der Waals surface area contributed by atoms with Gasteiger partial charge in [-0.25, -0.2) is 4.98 Å². The summed E-state index contributed by atoms with van der Waals surface area (Å²) in [6, 6.07) is 5.02. The minimum Gasteiger partial charge on any atom is -0.481 e. The van der Waals surface area contributed by atoms with E-state index < -0.39 is 6.04 Å². The lowest BCUT2D eigenvalue weighted by atomic mass is 9.96. The molecule has 22 heavy (non-hydrogen) atoms. The largest absolute Gasteiger partial charge is 0.481 e. The van der Waals surface area contributed by atoms with Crippen LogP contribution >= 0.6 is 0 Å². The maximum atomic E-state index is 11.8. The van der Waals surface area contributed by atoms with E-state index in [2.05, 4.69) is 9.97 Å². The molecule has 0 radical (unpaired) electrons. The van der Waals surface area contributed by atoms with Crippen LogP contribution in [0.1, 0.15) is 12.8 Å². The van der Waals surface area contributed by atoms with Crippen molar-refractivity contribution in [1.82, 2.24) is 9.97 Å². The van der Waals surface area contributed by atoms with Gasteiger partial charge in [-0.15, -0.1) is 0 Å². The van der Waals surface area contributed by atoms with Crippen LogP contribution in [0.15, 0.2) is 24.4 Å². The second-order valence-corrected chi connectivity index (χ2v) is 5.45. The van der Waals surface area contributed by atoms with Crippen molar-refractivity contribution in [3.05, 3.63) is 24.4 Å². The summed E-state index contributed by atoms with van der Waals surface area (Å²) in [6.45, 7) is 0.660. The van der Waals surface area contributed by atoms with E-state index in [1.807, 2.05) is 17.0 Å². The predicted octanol–water partition coefficient (Wildman–Crippen LogP) is 0.420. The van der Waals surface area contributed by atoms with E-state index in [0.29, 0.717) is 24.4 Å². The lowest BCUT2D eigenvalue weighted by molar-refractivity contribution is -0.119. The molecule has 0 aromatic carbocycles. The number of ether oxygens (including phenoxy) is 1. The molecule has 2 aromatic rings. The Morgan fingerprint density at radius 3 is 2.95 bits per heavy atom. The van der Waals surface area contributed by atoms with Crippen LogP contribution in [0.4, 0.5) is 5.69 Å². The number of piperidine rings is 1. The number of hydrogen-bond acceptors (Lipinski definition) is 6. The van der Waals surface area contributed by atoms with Gasteiger partial charge in [0, 0.05) is 24.8 Å². The molecule has 1 aliphatic heterocycles. The molecule has 2 unspecified atom stereocenters. The van der Waals surface area contributed by atoms with Crippen LogP contribution in [-0.2, 0) is 4.79 Å². The van der Waals surface area contributed by atoms with Crippen molar-refractivity contribution < 1.29 is 9.53 Å². The normalized spacial score (nSPS) is 21.8. The molecular formula is C15H19N5O2. The van der Waals surface area contributed by atoms with E-state index in [4.69, 9.17) is 16.2 Å². The van der Waals surface area contributed by atoms with E-state index in [1.54, 1.807) is 19.4 Å². The Morgan fingerprint density at radius 1 is 1.41 bits per heavy atom. The number of primary amides is 1. The third-order valence-corrected chi connectivity index (χ3v) is 4.03. The van der Waals surface area contributed by atoms with E-state index in [1.165, 1.54) is 0 Å². The molecule has 7 heteroatoms. The maximum Gasteiger partial charge on any atom is 0.240 e. The molecule has 1 amide bonds. The van der Waals surface area contributed by atoms with Gasteiger partial charge in [-0.3, -0.25) is 9.78 Å². The van der Waals surface area contributed by atoms with Crippen LogP contribution in [0.25, 0.3) is 11.0 Å². The van der Waals surface area contributed by atoms with Gasteiger partial charge < -0.3 is 21.1 Å². The van der Waals surface area contributed by atoms with Crippen LogP contribution in [0.3, 0.4) is 0 Å². The van der Waals surface area contributed by atoms with E-state index in [9.17, 15) is 4.79 Å². The third-order valence-electron chi connectivity index (χ3n) is 4.03. The number of pyridine rings is 2. The molecule has 116 valence electrons. The minimum atomic E-state index is -0.428. The first kappa shape index (κ1) is 14.5. The Balaban J connectivity index is 2.09. The zero-order chi connectivity index (χ0) is 15.7. The molecule has 0 spiro atoms. The Hall–Kier alpha value is -2.41. The molecular weight excluding hydrogens is 282 g/mol. The van der Waals surface area contributed by atoms with Crippen molar-refractivity contribution in [3.8, 4) is 5.88 Å². The van der Waals surface area contributed by atoms with Crippen molar-refractivity contribution in [1.29, 1.82) is 0 Å².